The van der Waals surface area contributed by atoms with Crippen LogP contribution in [0.4, 0.5) is 5.69 Å². The van der Waals surface area contributed by atoms with Crippen molar-refractivity contribution >= 4 is 63.7 Å². The summed E-state index contributed by atoms with van der Waals surface area (Å²) in [5.74, 6) is 0.0978. The Morgan fingerprint density at radius 3 is 2.17 bits per heavy atom. The second-order valence-corrected chi connectivity index (χ2v) is 7.06. The van der Waals surface area contributed by atoms with Crippen LogP contribution in [-0.4, -0.2) is 11.0 Å². The van der Waals surface area contributed by atoms with Crippen LogP contribution in [0.15, 0.2) is 36.4 Å². The smallest absolute Gasteiger partial charge is 0.257 e. The van der Waals surface area contributed by atoms with Crippen molar-refractivity contribution in [2.45, 2.75) is 19.8 Å². The molecule has 3 nitrogen and oxygen atoms in total. The molecule has 0 fully saturated rings. The van der Waals surface area contributed by atoms with Crippen molar-refractivity contribution < 1.29 is 4.79 Å². The van der Waals surface area contributed by atoms with Gasteiger partial charge in [0.2, 0.25) is 0 Å². The van der Waals surface area contributed by atoms with E-state index in [0.29, 0.717) is 32.2 Å². The first-order chi connectivity index (χ1) is 11.3. The largest absolute Gasteiger partial charge is 0.331 e. The van der Waals surface area contributed by atoms with Crippen molar-refractivity contribution in [1.29, 1.82) is 0 Å². The van der Waals surface area contributed by atoms with Crippen LogP contribution in [0.25, 0.3) is 0 Å². The number of anilines is 1. The minimum Gasteiger partial charge on any atom is -0.331 e. The fraction of sp³-hybridized carbons (Fsp3) is 0.176. The quantitative estimate of drug-likeness (QED) is 0.497. The van der Waals surface area contributed by atoms with Gasteiger partial charge in [0.05, 0.1) is 20.8 Å². The molecule has 0 heterocycles. The number of carbonyl (C=O) groups is 1. The minimum atomic E-state index is -0.306. The highest BCUT2D eigenvalue weighted by molar-refractivity contribution is 7.80. The van der Waals surface area contributed by atoms with Crippen LogP contribution in [0.2, 0.25) is 15.1 Å². The van der Waals surface area contributed by atoms with E-state index in [0.717, 1.165) is 5.56 Å². The molecule has 7 heteroatoms. The van der Waals surface area contributed by atoms with Crippen LogP contribution < -0.4 is 10.6 Å². The molecular formula is C17H15Cl3N2OS. The maximum Gasteiger partial charge on any atom is 0.257 e. The van der Waals surface area contributed by atoms with E-state index in [4.69, 9.17) is 47.0 Å². The average Bonchev–Trinajstić information content (AvgIpc) is 2.52. The topological polar surface area (TPSA) is 41.1 Å². The lowest BCUT2D eigenvalue weighted by molar-refractivity contribution is 0.0977. The minimum absolute atomic E-state index is 0.119. The lowest BCUT2D eigenvalue weighted by Gasteiger charge is -2.12. The number of amides is 1. The van der Waals surface area contributed by atoms with E-state index in [2.05, 4.69) is 24.5 Å². The van der Waals surface area contributed by atoms with E-state index in [-0.39, 0.29) is 11.0 Å². The molecule has 24 heavy (non-hydrogen) atoms. The normalized spacial score (nSPS) is 10.6. The van der Waals surface area contributed by atoms with Crippen LogP contribution in [0.1, 0.15) is 35.7 Å². The maximum atomic E-state index is 12.2. The second-order valence-electron chi connectivity index (χ2n) is 5.43. The van der Waals surface area contributed by atoms with Crippen molar-refractivity contribution in [3.05, 3.63) is 62.6 Å². The highest BCUT2D eigenvalue weighted by Crippen LogP contribution is 2.32. The summed E-state index contributed by atoms with van der Waals surface area (Å²) in [6.07, 6.45) is 0. The van der Waals surface area contributed by atoms with E-state index < -0.39 is 0 Å². The summed E-state index contributed by atoms with van der Waals surface area (Å²) >= 11 is 23.0. The fourth-order valence-corrected chi connectivity index (χ4v) is 2.76. The predicted molar refractivity (Wildman–Crippen MR) is 106 cm³/mol. The molecule has 0 bridgehead atoms. The first kappa shape index (κ1) is 19.0. The number of hydrogen-bond acceptors (Lipinski definition) is 2. The zero-order valence-corrected chi connectivity index (χ0v) is 16.1. The van der Waals surface area contributed by atoms with E-state index in [1.165, 1.54) is 6.07 Å². The van der Waals surface area contributed by atoms with Gasteiger partial charge in [0.1, 0.15) is 0 Å². The molecule has 0 radical (unpaired) electrons. The third-order valence-electron chi connectivity index (χ3n) is 3.32. The van der Waals surface area contributed by atoms with Crippen molar-refractivity contribution in [2.75, 3.05) is 5.32 Å². The molecule has 0 saturated heterocycles. The van der Waals surface area contributed by atoms with Crippen molar-refractivity contribution in [1.82, 2.24) is 5.32 Å². The number of hydrogen-bond donors (Lipinski definition) is 2. The SMILES string of the molecule is CC(C)c1ccc(C(=O)NC(=S)Nc2cc(Cl)c(Cl)cc2Cl)cc1. The number of benzene rings is 2. The number of carbonyl (C=O) groups excluding carboxylic acids is 1. The molecule has 126 valence electrons. The van der Waals surface area contributed by atoms with Gasteiger partial charge in [-0.3, -0.25) is 10.1 Å². The van der Waals surface area contributed by atoms with Crippen LogP contribution >= 0.6 is 47.0 Å². The van der Waals surface area contributed by atoms with Crippen LogP contribution in [-0.2, 0) is 0 Å². The van der Waals surface area contributed by atoms with E-state index in [1.807, 2.05) is 12.1 Å². The van der Waals surface area contributed by atoms with Crippen molar-refractivity contribution in [2.24, 2.45) is 0 Å². The first-order valence-corrected chi connectivity index (χ1v) is 8.69. The van der Waals surface area contributed by atoms with E-state index >= 15 is 0 Å². The van der Waals surface area contributed by atoms with Gasteiger partial charge in [-0.15, -0.1) is 0 Å². The van der Waals surface area contributed by atoms with Gasteiger partial charge < -0.3 is 5.32 Å². The van der Waals surface area contributed by atoms with Gasteiger partial charge in [0.15, 0.2) is 5.11 Å². The summed E-state index contributed by atoms with van der Waals surface area (Å²) in [4.78, 5) is 12.2. The molecule has 0 aliphatic rings. The Bertz CT molecular complexity index is 776. The van der Waals surface area contributed by atoms with Gasteiger partial charge in [0, 0.05) is 5.56 Å². The van der Waals surface area contributed by atoms with Crippen molar-refractivity contribution in [3.63, 3.8) is 0 Å². The molecule has 0 aliphatic heterocycles. The molecule has 2 N–H and O–H groups in total. The molecule has 0 aromatic heterocycles. The summed E-state index contributed by atoms with van der Waals surface area (Å²) < 4.78 is 0. The molecule has 0 spiro atoms. The zero-order valence-electron chi connectivity index (χ0n) is 13.0. The average molecular weight is 402 g/mol. The monoisotopic (exact) mass is 400 g/mol. The summed E-state index contributed by atoms with van der Waals surface area (Å²) in [7, 11) is 0. The molecule has 2 aromatic carbocycles. The number of nitrogens with one attached hydrogen (secondary N) is 2. The highest BCUT2D eigenvalue weighted by atomic mass is 35.5. The van der Waals surface area contributed by atoms with Crippen LogP contribution in [0.5, 0.6) is 0 Å². The molecule has 0 aliphatic carbocycles. The molecule has 2 rings (SSSR count). The lowest BCUT2D eigenvalue weighted by Crippen LogP contribution is -2.34. The maximum absolute atomic E-state index is 12.2. The van der Waals surface area contributed by atoms with Crippen LogP contribution in [0.3, 0.4) is 0 Å². The molecule has 1 amide bonds. The van der Waals surface area contributed by atoms with E-state index in [1.54, 1.807) is 18.2 Å². The molecule has 0 atom stereocenters. The van der Waals surface area contributed by atoms with Gasteiger partial charge in [-0.05, 0) is 48.0 Å². The van der Waals surface area contributed by atoms with Gasteiger partial charge in [-0.25, -0.2) is 0 Å². The Labute approximate surface area is 161 Å². The van der Waals surface area contributed by atoms with Gasteiger partial charge in [-0.2, -0.15) is 0 Å². The third kappa shape index (κ3) is 4.84. The Hall–Kier alpha value is -1.33. The number of thiocarbonyl (C=S) groups is 1. The molecule has 0 saturated carbocycles. The van der Waals surface area contributed by atoms with E-state index in [9.17, 15) is 4.79 Å². The zero-order chi connectivity index (χ0) is 17.9. The summed E-state index contributed by atoms with van der Waals surface area (Å²) in [6.45, 7) is 4.18. The number of rotatable bonds is 3. The van der Waals surface area contributed by atoms with Gasteiger partial charge >= 0.3 is 0 Å². The Balaban J connectivity index is 2.04. The Morgan fingerprint density at radius 1 is 1.00 bits per heavy atom. The summed E-state index contributed by atoms with van der Waals surface area (Å²) in [5.41, 5.74) is 2.14. The summed E-state index contributed by atoms with van der Waals surface area (Å²) in [5, 5.41) is 6.58. The van der Waals surface area contributed by atoms with Crippen molar-refractivity contribution in [3.8, 4) is 0 Å². The Morgan fingerprint density at radius 2 is 1.58 bits per heavy atom. The van der Waals surface area contributed by atoms with Gasteiger partial charge in [0.25, 0.3) is 5.91 Å². The molecule has 0 unspecified atom stereocenters. The highest BCUT2D eigenvalue weighted by Gasteiger charge is 2.11. The van der Waals surface area contributed by atoms with Crippen LogP contribution in [0, 0.1) is 0 Å². The molecular weight excluding hydrogens is 387 g/mol. The second kappa shape index (κ2) is 8.17. The lowest BCUT2D eigenvalue weighted by atomic mass is 10.0. The standard InChI is InChI=1S/C17H15Cl3N2OS/c1-9(2)10-3-5-11(6-4-10)16(23)22-17(24)21-15-8-13(19)12(18)7-14(15)20/h3-9H,1-2H3,(H2,21,22,23,24). The summed E-state index contributed by atoms with van der Waals surface area (Å²) in [6, 6.07) is 10.4. The first-order valence-electron chi connectivity index (χ1n) is 7.14. The third-order valence-corrected chi connectivity index (χ3v) is 4.56. The number of halogens is 3. The van der Waals surface area contributed by atoms with Gasteiger partial charge in [-0.1, -0.05) is 60.8 Å². The fourth-order valence-electron chi connectivity index (χ4n) is 1.97. The predicted octanol–water partition coefficient (Wildman–Crippen LogP) is 5.90. The molecule has 2 aromatic rings. The Kier molecular flexibility index (Phi) is 6.47.